The molecule has 1 aliphatic rings. The molecule has 0 saturated carbocycles. The fourth-order valence-corrected chi connectivity index (χ4v) is 2.93. The number of halogens is 1. The van der Waals surface area contributed by atoms with Gasteiger partial charge in [0.25, 0.3) is 5.91 Å². The van der Waals surface area contributed by atoms with Crippen molar-refractivity contribution in [3.05, 3.63) is 47.0 Å². The van der Waals surface area contributed by atoms with E-state index < -0.39 is 12.0 Å². The van der Waals surface area contributed by atoms with Crippen LogP contribution in [0.1, 0.15) is 25.8 Å². The molecule has 29 heavy (non-hydrogen) atoms. The predicted octanol–water partition coefficient (Wildman–Crippen LogP) is 3.82. The first kappa shape index (κ1) is 20.8. The summed E-state index contributed by atoms with van der Waals surface area (Å²) < 4.78 is 22.5. The Balaban J connectivity index is 1.64. The number of amides is 1. The number of hydrazone groups is 1. The normalized spacial score (nSPS) is 15.2. The van der Waals surface area contributed by atoms with Crippen LogP contribution in [-0.2, 0) is 4.79 Å². The maximum Gasteiger partial charge on any atom is 0.284 e. The quantitative estimate of drug-likeness (QED) is 0.521. The molecule has 0 spiro atoms. The van der Waals surface area contributed by atoms with Crippen molar-refractivity contribution in [1.82, 2.24) is 5.43 Å². The lowest BCUT2D eigenvalue weighted by atomic mass is 10.2. The minimum Gasteiger partial charge on any atom is -0.490 e. The first-order chi connectivity index (χ1) is 14.1. The number of benzene rings is 2. The molecule has 7 nitrogen and oxygen atoms in total. The van der Waals surface area contributed by atoms with E-state index in [1.54, 1.807) is 24.3 Å². The second-order valence-corrected chi connectivity index (χ2v) is 6.62. The van der Waals surface area contributed by atoms with Gasteiger partial charge in [0, 0.05) is 0 Å². The molecule has 0 aliphatic carbocycles. The molecule has 0 radical (unpaired) electrons. The zero-order chi connectivity index (χ0) is 20.6. The van der Waals surface area contributed by atoms with E-state index in [2.05, 4.69) is 10.5 Å². The number of carbonyl (C=O) groups is 1. The largest absolute Gasteiger partial charge is 0.490 e. The first-order valence-corrected chi connectivity index (χ1v) is 9.80. The van der Waals surface area contributed by atoms with Gasteiger partial charge in [0.2, 0.25) is 6.10 Å². The SMILES string of the molecule is CCCOc1c(Cl)cc(/C=N\NC(=O)[C@H]2COc3ccccc3O2)cc1OCC. The third kappa shape index (κ3) is 5.32. The molecule has 8 heteroatoms. The van der Waals surface area contributed by atoms with Gasteiger partial charge >= 0.3 is 0 Å². The van der Waals surface area contributed by atoms with Crippen LogP contribution in [-0.4, -0.2) is 38.0 Å². The fraction of sp³-hybridized carbons (Fsp3) is 0.333. The molecule has 0 aromatic heterocycles. The van der Waals surface area contributed by atoms with E-state index in [1.807, 2.05) is 26.0 Å². The number of carbonyl (C=O) groups excluding carboxylic acids is 1. The van der Waals surface area contributed by atoms with Crippen LogP contribution in [0, 0.1) is 0 Å². The van der Waals surface area contributed by atoms with E-state index in [0.29, 0.717) is 46.8 Å². The molecule has 0 unspecified atom stereocenters. The molecular weight excluding hydrogens is 396 g/mol. The highest BCUT2D eigenvalue weighted by molar-refractivity contribution is 6.32. The smallest absolute Gasteiger partial charge is 0.284 e. The highest BCUT2D eigenvalue weighted by atomic mass is 35.5. The van der Waals surface area contributed by atoms with Crippen molar-refractivity contribution in [3.8, 4) is 23.0 Å². The van der Waals surface area contributed by atoms with Gasteiger partial charge in [0.05, 0.1) is 24.5 Å². The van der Waals surface area contributed by atoms with Crippen LogP contribution in [0.4, 0.5) is 0 Å². The highest BCUT2D eigenvalue weighted by Crippen LogP contribution is 2.36. The van der Waals surface area contributed by atoms with Gasteiger partial charge in [0.15, 0.2) is 23.0 Å². The summed E-state index contributed by atoms with van der Waals surface area (Å²) in [7, 11) is 0. The predicted molar refractivity (Wildman–Crippen MR) is 110 cm³/mol. The molecule has 154 valence electrons. The van der Waals surface area contributed by atoms with Gasteiger partial charge in [-0.3, -0.25) is 4.79 Å². The number of para-hydroxylation sites is 2. The molecule has 1 amide bonds. The Hall–Kier alpha value is -2.93. The third-order valence-electron chi connectivity index (χ3n) is 3.97. The number of hydrogen-bond acceptors (Lipinski definition) is 6. The lowest BCUT2D eigenvalue weighted by Crippen LogP contribution is -2.42. The van der Waals surface area contributed by atoms with Crippen molar-refractivity contribution in [3.63, 3.8) is 0 Å². The van der Waals surface area contributed by atoms with Crippen LogP contribution < -0.4 is 24.4 Å². The van der Waals surface area contributed by atoms with Crippen molar-refractivity contribution in [2.75, 3.05) is 19.8 Å². The summed E-state index contributed by atoms with van der Waals surface area (Å²) in [5, 5.41) is 4.41. The lowest BCUT2D eigenvalue weighted by Gasteiger charge is -2.24. The summed E-state index contributed by atoms with van der Waals surface area (Å²) in [6, 6.07) is 10.6. The monoisotopic (exact) mass is 418 g/mol. The van der Waals surface area contributed by atoms with E-state index in [0.717, 1.165) is 6.42 Å². The Kier molecular flexibility index (Phi) is 7.19. The molecule has 0 saturated heterocycles. The molecule has 0 fully saturated rings. The Bertz CT molecular complexity index is 887. The Morgan fingerprint density at radius 1 is 1.28 bits per heavy atom. The Morgan fingerprint density at radius 3 is 2.83 bits per heavy atom. The van der Waals surface area contributed by atoms with Crippen molar-refractivity contribution in [2.24, 2.45) is 5.10 Å². The number of nitrogens with zero attached hydrogens (tertiary/aromatic N) is 1. The van der Waals surface area contributed by atoms with Gasteiger partial charge in [-0.15, -0.1) is 0 Å². The van der Waals surface area contributed by atoms with Gasteiger partial charge in [0.1, 0.15) is 6.61 Å². The summed E-state index contributed by atoms with van der Waals surface area (Å²) in [6.07, 6.45) is 1.55. The van der Waals surface area contributed by atoms with Gasteiger partial charge in [-0.05, 0) is 43.2 Å². The summed E-state index contributed by atoms with van der Waals surface area (Å²) in [6.45, 7) is 5.01. The maximum atomic E-state index is 12.3. The first-order valence-electron chi connectivity index (χ1n) is 9.42. The zero-order valence-corrected chi connectivity index (χ0v) is 17.1. The van der Waals surface area contributed by atoms with Crippen LogP contribution >= 0.6 is 11.6 Å². The molecule has 3 rings (SSSR count). The van der Waals surface area contributed by atoms with E-state index >= 15 is 0 Å². The fourth-order valence-electron chi connectivity index (χ4n) is 2.66. The summed E-state index contributed by atoms with van der Waals surface area (Å²) >= 11 is 6.33. The molecule has 0 bridgehead atoms. The number of hydrogen-bond donors (Lipinski definition) is 1. The van der Waals surface area contributed by atoms with Crippen molar-refractivity contribution in [1.29, 1.82) is 0 Å². The van der Waals surface area contributed by atoms with E-state index in [1.165, 1.54) is 6.21 Å². The van der Waals surface area contributed by atoms with Crippen LogP contribution in [0.25, 0.3) is 0 Å². The van der Waals surface area contributed by atoms with Crippen molar-refractivity contribution in [2.45, 2.75) is 26.4 Å². The van der Waals surface area contributed by atoms with Crippen LogP contribution in [0.5, 0.6) is 23.0 Å². The average Bonchev–Trinajstić information content (AvgIpc) is 2.73. The second kappa shape index (κ2) is 10.0. The number of nitrogens with one attached hydrogen (secondary N) is 1. The molecule has 1 N–H and O–H groups in total. The number of ether oxygens (including phenoxy) is 4. The molecular formula is C21H23ClN2O5. The molecule has 1 heterocycles. The van der Waals surface area contributed by atoms with E-state index in [9.17, 15) is 4.79 Å². The second-order valence-electron chi connectivity index (χ2n) is 6.21. The number of rotatable bonds is 8. The molecule has 1 aliphatic heterocycles. The minimum atomic E-state index is -0.783. The maximum absolute atomic E-state index is 12.3. The molecule has 1 atom stereocenters. The minimum absolute atomic E-state index is 0.113. The molecule has 2 aromatic carbocycles. The van der Waals surface area contributed by atoms with Crippen molar-refractivity contribution >= 4 is 23.7 Å². The Labute approximate surface area is 174 Å². The topological polar surface area (TPSA) is 78.4 Å². The zero-order valence-electron chi connectivity index (χ0n) is 16.3. The van der Waals surface area contributed by atoms with Gasteiger partial charge in [-0.2, -0.15) is 5.10 Å². The summed E-state index contributed by atoms with van der Waals surface area (Å²) in [5.41, 5.74) is 3.12. The van der Waals surface area contributed by atoms with E-state index in [-0.39, 0.29) is 6.61 Å². The van der Waals surface area contributed by atoms with Crippen molar-refractivity contribution < 1.29 is 23.7 Å². The van der Waals surface area contributed by atoms with Gasteiger partial charge in [-0.1, -0.05) is 30.7 Å². The third-order valence-corrected chi connectivity index (χ3v) is 4.25. The number of fused-ring (bicyclic) bond motifs is 1. The Morgan fingerprint density at radius 2 is 2.07 bits per heavy atom. The van der Waals surface area contributed by atoms with Crippen LogP contribution in [0.2, 0.25) is 5.02 Å². The van der Waals surface area contributed by atoms with Gasteiger partial charge in [-0.25, -0.2) is 5.43 Å². The van der Waals surface area contributed by atoms with E-state index in [4.69, 9.17) is 30.5 Å². The summed E-state index contributed by atoms with van der Waals surface area (Å²) in [4.78, 5) is 12.3. The summed E-state index contributed by atoms with van der Waals surface area (Å²) in [5.74, 6) is 1.77. The van der Waals surface area contributed by atoms with Gasteiger partial charge < -0.3 is 18.9 Å². The van der Waals surface area contributed by atoms with Crippen LogP contribution in [0.15, 0.2) is 41.5 Å². The molecule has 2 aromatic rings. The highest BCUT2D eigenvalue weighted by Gasteiger charge is 2.27. The lowest BCUT2D eigenvalue weighted by molar-refractivity contribution is -0.130. The standard InChI is InChI=1S/C21H23ClN2O5/c1-3-9-27-20-15(22)10-14(11-18(20)26-4-2)12-23-24-21(25)19-13-28-16-7-5-6-8-17(16)29-19/h5-8,10-12,19H,3-4,9,13H2,1-2H3,(H,24,25)/b23-12-/t19-/m1/s1. The average molecular weight is 419 g/mol. The van der Waals surface area contributed by atoms with Crippen LogP contribution in [0.3, 0.4) is 0 Å².